The minimum atomic E-state index is -0.614. The van der Waals surface area contributed by atoms with Gasteiger partial charge in [0.15, 0.2) is 11.6 Å². The smallest absolute Gasteiger partial charge is 0.165 e. The lowest BCUT2D eigenvalue weighted by Gasteiger charge is -2.10. The second-order valence-electron chi connectivity index (χ2n) is 2.69. The van der Waals surface area contributed by atoms with E-state index in [1.807, 2.05) is 6.92 Å². The lowest BCUT2D eigenvalue weighted by Crippen LogP contribution is -2.09. The molecule has 2 nitrogen and oxygen atoms in total. The molecule has 1 atom stereocenters. The van der Waals surface area contributed by atoms with Crippen molar-refractivity contribution in [1.82, 2.24) is 0 Å². The van der Waals surface area contributed by atoms with Gasteiger partial charge in [-0.3, -0.25) is 0 Å². The van der Waals surface area contributed by atoms with Crippen molar-refractivity contribution in [3.63, 3.8) is 0 Å². The first kappa shape index (κ1) is 9.00. The Labute approximate surface area is 70.8 Å². The molecule has 0 bridgehead atoms. The van der Waals surface area contributed by atoms with Gasteiger partial charge in [0.05, 0.1) is 0 Å². The van der Waals surface area contributed by atoms with Gasteiger partial charge in [0.2, 0.25) is 0 Å². The molecule has 0 aliphatic heterocycles. The molecule has 3 N–H and O–H groups in total. The van der Waals surface area contributed by atoms with Crippen LogP contribution in [0.1, 0.15) is 24.9 Å². The van der Waals surface area contributed by atoms with Crippen LogP contribution in [-0.4, -0.2) is 5.11 Å². The lowest BCUT2D eigenvalue weighted by atomic mass is 10.0. The van der Waals surface area contributed by atoms with Gasteiger partial charge >= 0.3 is 0 Å². The number of para-hydroxylation sites is 1. The monoisotopic (exact) mass is 169 g/mol. The Morgan fingerprint density at radius 1 is 1.58 bits per heavy atom. The summed E-state index contributed by atoms with van der Waals surface area (Å²) in [6, 6.07) is 4.09. The SMILES string of the molecule is CCC(N)c1cccc(F)c1O. The first-order valence-electron chi connectivity index (χ1n) is 3.89. The van der Waals surface area contributed by atoms with Crippen LogP contribution in [0.25, 0.3) is 0 Å². The molecule has 0 radical (unpaired) electrons. The van der Waals surface area contributed by atoms with E-state index in [-0.39, 0.29) is 11.8 Å². The molecule has 0 fully saturated rings. The molecular weight excluding hydrogens is 157 g/mol. The van der Waals surface area contributed by atoms with E-state index in [1.165, 1.54) is 6.07 Å². The van der Waals surface area contributed by atoms with Crippen LogP contribution < -0.4 is 5.73 Å². The summed E-state index contributed by atoms with van der Waals surface area (Å²) in [6.45, 7) is 1.88. The highest BCUT2D eigenvalue weighted by Crippen LogP contribution is 2.26. The predicted molar refractivity (Wildman–Crippen MR) is 45.3 cm³/mol. The molecule has 1 unspecified atom stereocenters. The van der Waals surface area contributed by atoms with E-state index in [2.05, 4.69) is 0 Å². The van der Waals surface area contributed by atoms with Crippen molar-refractivity contribution in [2.75, 3.05) is 0 Å². The van der Waals surface area contributed by atoms with Crippen LogP contribution in [0, 0.1) is 5.82 Å². The van der Waals surface area contributed by atoms with E-state index in [0.717, 1.165) is 0 Å². The summed E-state index contributed by atoms with van der Waals surface area (Å²) >= 11 is 0. The summed E-state index contributed by atoms with van der Waals surface area (Å²) in [5.41, 5.74) is 6.11. The van der Waals surface area contributed by atoms with Gasteiger partial charge < -0.3 is 10.8 Å². The third kappa shape index (κ3) is 1.56. The van der Waals surface area contributed by atoms with Crippen molar-refractivity contribution in [2.45, 2.75) is 19.4 Å². The maximum atomic E-state index is 12.8. The van der Waals surface area contributed by atoms with Gasteiger partial charge in [-0.2, -0.15) is 0 Å². The largest absolute Gasteiger partial charge is 0.505 e. The van der Waals surface area contributed by atoms with Crippen LogP contribution in [0.3, 0.4) is 0 Å². The van der Waals surface area contributed by atoms with E-state index in [1.54, 1.807) is 12.1 Å². The molecule has 0 saturated heterocycles. The number of aromatic hydroxyl groups is 1. The standard InChI is InChI=1S/C9H12FNO/c1-2-8(11)6-4-3-5-7(10)9(6)12/h3-5,8,12H,2,11H2,1H3. The van der Waals surface area contributed by atoms with E-state index < -0.39 is 5.82 Å². The molecular formula is C9H12FNO. The average molecular weight is 169 g/mol. The highest BCUT2D eigenvalue weighted by atomic mass is 19.1. The zero-order valence-corrected chi connectivity index (χ0v) is 6.92. The molecule has 1 rings (SSSR count). The summed E-state index contributed by atoms with van der Waals surface area (Å²) in [5.74, 6) is -0.941. The van der Waals surface area contributed by atoms with Crippen LogP contribution in [0.5, 0.6) is 5.75 Å². The molecule has 0 heterocycles. The highest BCUT2D eigenvalue weighted by molar-refractivity contribution is 5.35. The molecule has 0 spiro atoms. The average Bonchev–Trinajstić information content (AvgIpc) is 2.08. The van der Waals surface area contributed by atoms with Crippen molar-refractivity contribution < 1.29 is 9.50 Å². The Morgan fingerprint density at radius 3 is 2.83 bits per heavy atom. The molecule has 0 amide bonds. The molecule has 0 aliphatic rings. The first-order valence-corrected chi connectivity index (χ1v) is 3.89. The van der Waals surface area contributed by atoms with Gasteiger partial charge in [-0.15, -0.1) is 0 Å². The van der Waals surface area contributed by atoms with Crippen LogP contribution in [-0.2, 0) is 0 Å². The van der Waals surface area contributed by atoms with Crippen LogP contribution in [0.15, 0.2) is 18.2 Å². The van der Waals surface area contributed by atoms with Crippen LogP contribution >= 0.6 is 0 Å². The third-order valence-electron chi connectivity index (χ3n) is 1.86. The van der Waals surface area contributed by atoms with Crippen molar-refractivity contribution in [1.29, 1.82) is 0 Å². The maximum Gasteiger partial charge on any atom is 0.165 e. The number of rotatable bonds is 2. The Kier molecular flexibility index (Phi) is 2.65. The summed E-state index contributed by atoms with van der Waals surface area (Å²) in [7, 11) is 0. The molecule has 66 valence electrons. The Bertz CT molecular complexity index is 275. The number of phenols is 1. The van der Waals surface area contributed by atoms with Crippen molar-refractivity contribution >= 4 is 0 Å². The minimum Gasteiger partial charge on any atom is -0.505 e. The van der Waals surface area contributed by atoms with Crippen LogP contribution in [0.4, 0.5) is 4.39 Å². The minimum absolute atomic E-state index is 0.291. The highest BCUT2D eigenvalue weighted by Gasteiger charge is 2.11. The van der Waals surface area contributed by atoms with Gasteiger partial charge in [0, 0.05) is 11.6 Å². The summed E-state index contributed by atoms with van der Waals surface area (Å²) in [6.07, 6.45) is 0.678. The van der Waals surface area contributed by atoms with Crippen LogP contribution in [0.2, 0.25) is 0 Å². The molecule has 0 saturated carbocycles. The normalized spacial score (nSPS) is 12.9. The van der Waals surface area contributed by atoms with Gasteiger partial charge in [-0.1, -0.05) is 19.1 Å². The number of hydrogen-bond donors (Lipinski definition) is 2. The molecule has 3 heteroatoms. The fourth-order valence-corrected chi connectivity index (χ4v) is 1.05. The molecule has 1 aromatic carbocycles. The number of hydrogen-bond acceptors (Lipinski definition) is 2. The first-order chi connectivity index (χ1) is 5.66. The molecule has 12 heavy (non-hydrogen) atoms. The Morgan fingerprint density at radius 2 is 2.25 bits per heavy atom. The fourth-order valence-electron chi connectivity index (χ4n) is 1.05. The van der Waals surface area contributed by atoms with Gasteiger partial charge in [-0.05, 0) is 12.5 Å². The summed E-state index contributed by atoms with van der Waals surface area (Å²) in [5, 5.41) is 9.24. The zero-order valence-electron chi connectivity index (χ0n) is 6.92. The van der Waals surface area contributed by atoms with E-state index >= 15 is 0 Å². The van der Waals surface area contributed by atoms with Gasteiger partial charge in [0.25, 0.3) is 0 Å². The zero-order chi connectivity index (χ0) is 9.14. The van der Waals surface area contributed by atoms with E-state index in [9.17, 15) is 9.50 Å². The van der Waals surface area contributed by atoms with Gasteiger partial charge in [-0.25, -0.2) is 4.39 Å². The number of phenolic OH excluding ortho intramolecular Hbond substituents is 1. The van der Waals surface area contributed by atoms with Crippen molar-refractivity contribution in [3.8, 4) is 5.75 Å². The lowest BCUT2D eigenvalue weighted by molar-refractivity contribution is 0.419. The maximum absolute atomic E-state index is 12.8. The summed E-state index contributed by atoms with van der Waals surface area (Å²) in [4.78, 5) is 0. The van der Waals surface area contributed by atoms with Crippen molar-refractivity contribution in [2.24, 2.45) is 5.73 Å². The fraction of sp³-hybridized carbons (Fsp3) is 0.333. The van der Waals surface area contributed by atoms with E-state index in [4.69, 9.17) is 5.73 Å². The van der Waals surface area contributed by atoms with E-state index in [0.29, 0.717) is 12.0 Å². The van der Waals surface area contributed by atoms with Gasteiger partial charge in [0.1, 0.15) is 0 Å². The Hall–Kier alpha value is -1.09. The topological polar surface area (TPSA) is 46.2 Å². The Balaban J connectivity index is 3.07. The second-order valence-corrected chi connectivity index (χ2v) is 2.69. The quantitative estimate of drug-likeness (QED) is 0.710. The second kappa shape index (κ2) is 3.54. The van der Waals surface area contributed by atoms with Crippen molar-refractivity contribution in [3.05, 3.63) is 29.6 Å². The molecule has 0 aromatic heterocycles. The summed E-state index contributed by atoms with van der Waals surface area (Å²) < 4.78 is 12.8. The molecule has 1 aromatic rings. The predicted octanol–water partition coefficient (Wildman–Crippen LogP) is 1.94. The number of benzene rings is 1. The molecule has 0 aliphatic carbocycles. The number of nitrogens with two attached hydrogens (primary N) is 1. The number of halogens is 1. The third-order valence-corrected chi connectivity index (χ3v) is 1.86.